The molecule has 1 fully saturated rings. The fourth-order valence-corrected chi connectivity index (χ4v) is 3.26. The summed E-state index contributed by atoms with van der Waals surface area (Å²) in [5, 5.41) is 0.226. The van der Waals surface area contributed by atoms with E-state index >= 15 is 0 Å². The first-order valence-corrected chi connectivity index (χ1v) is 9.31. The Balaban J connectivity index is 1.99. The number of nitrogens with zero attached hydrogens (tertiary/aromatic N) is 1. The van der Waals surface area contributed by atoms with E-state index in [9.17, 15) is 24.0 Å². The summed E-state index contributed by atoms with van der Waals surface area (Å²) in [5.41, 5.74) is 1.45. The van der Waals surface area contributed by atoms with Crippen molar-refractivity contribution in [3.05, 3.63) is 45.1 Å². The number of hydrogen-bond acceptors (Lipinski definition) is 10. The molecule has 1 aliphatic rings. The Labute approximate surface area is 175 Å². The molecule has 0 bridgehead atoms. The normalized spacial score (nSPS) is 23.1. The molecule has 2 aromatic rings. The molecule has 31 heavy (non-hydrogen) atoms. The highest BCUT2D eigenvalue weighted by Crippen LogP contribution is 2.23. The summed E-state index contributed by atoms with van der Waals surface area (Å²) in [4.78, 5) is 62.5. The molecule has 0 aliphatic carbocycles. The average molecular weight is 435 g/mol. The molecule has 0 amide bonds. The number of fused-ring (bicyclic) bond motifs is 1. The van der Waals surface area contributed by atoms with E-state index in [1.165, 1.54) is 6.07 Å². The molecule has 12 heteroatoms. The van der Waals surface area contributed by atoms with E-state index in [0.29, 0.717) is 10.2 Å². The van der Waals surface area contributed by atoms with Gasteiger partial charge in [0.05, 0.1) is 17.5 Å². The predicted molar refractivity (Wildman–Crippen MR) is 105 cm³/mol. The Hall–Kier alpha value is -3.67. The summed E-state index contributed by atoms with van der Waals surface area (Å²) in [7, 11) is 0. The number of nitrogens with one attached hydrogen (secondary N) is 2. The number of carbonyl (C=O) groups is 3. The van der Waals surface area contributed by atoms with Gasteiger partial charge in [-0.25, -0.2) is 4.79 Å². The first kappa shape index (κ1) is 22.0. The highest BCUT2D eigenvalue weighted by molar-refractivity contribution is 5.77. The second kappa shape index (κ2) is 9.00. The zero-order chi connectivity index (χ0) is 22.7. The van der Waals surface area contributed by atoms with Crippen LogP contribution < -0.4 is 16.7 Å². The van der Waals surface area contributed by atoms with Crippen molar-refractivity contribution in [1.29, 1.82) is 0 Å². The van der Waals surface area contributed by atoms with Crippen molar-refractivity contribution in [2.45, 2.75) is 45.3 Å². The molecule has 4 atom stereocenters. The number of rotatable bonds is 5. The van der Waals surface area contributed by atoms with E-state index in [2.05, 4.69) is 10.4 Å². The number of hydrogen-bond donors (Lipinski definition) is 2. The van der Waals surface area contributed by atoms with Crippen LogP contribution in [0.4, 0.5) is 0 Å². The van der Waals surface area contributed by atoms with E-state index in [0.717, 1.165) is 20.8 Å². The summed E-state index contributed by atoms with van der Waals surface area (Å²) in [6.07, 6.45) is -4.93. The fourth-order valence-electron chi connectivity index (χ4n) is 3.26. The van der Waals surface area contributed by atoms with Crippen molar-refractivity contribution in [2.75, 3.05) is 12.0 Å². The Morgan fingerprint density at radius 2 is 1.61 bits per heavy atom. The minimum Gasteiger partial charge on any atom is -0.456 e. The maximum Gasteiger partial charge on any atom is 0.347 e. The molecular formula is C19H21N3O9. The summed E-state index contributed by atoms with van der Waals surface area (Å²) in [6.45, 7) is 3.15. The van der Waals surface area contributed by atoms with Gasteiger partial charge in [-0.05, 0) is 12.1 Å². The van der Waals surface area contributed by atoms with Gasteiger partial charge in [-0.2, -0.15) is 4.68 Å². The van der Waals surface area contributed by atoms with E-state index in [1.54, 1.807) is 18.2 Å². The van der Waals surface area contributed by atoms with E-state index in [1.807, 2.05) is 0 Å². The van der Waals surface area contributed by atoms with Crippen molar-refractivity contribution in [2.24, 2.45) is 0 Å². The molecule has 1 aromatic heterocycles. The number of esters is 3. The highest BCUT2D eigenvalue weighted by atomic mass is 16.6. The van der Waals surface area contributed by atoms with Crippen LogP contribution in [0, 0.1) is 0 Å². The molecule has 1 aliphatic heterocycles. The van der Waals surface area contributed by atoms with Crippen LogP contribution in [0.15, 0.2) is 33.9 Å². The van der Waals surface area contributed by atoms with Gasteiger partial charge in [0.15, 0.2) is 24.5 Å². The van der Waals surface area contributed by atoms with Crippen molar-refractivity contribution >= 4 is 28.8 Å². The van der Waals surface area contributed by atoms with Crippen molar-refractivity contribution in [3.8, 4) is 0 Å². The minimum atomic E-state index is -1.34. The molecule has 166 valence electrons. The second-order valence-corrected chi connectivity index (χ2v) is 6.80. The van der Waals surface area contributed by atoms with Crippen LogP contribution in [0.1, 0.15) is 20.8 Å². The van der Waals surface area contributed by atoms with Gasteiger partial charge < -0.3 is 23.9 Å². The third-order valence-electron chi connectivity index (χ3n) is 4.41. The monoisotopic (exact) mass is 435 g/mol. The third-order valence-corrected chi connectivity index (χ3v) is 4.41. The molecule has 0 spiro atoms. The van der Waals surface area contributed by atoms with E-state index in [4.69, 9.17) is 18.9 Å². The standard InChI is InChI=1S/C19H21N3O9/c1-9(23)29-14-8-28-17(16(31-11(3)25)15(14)30-10(2)24)21-22-18(26)12-6-4-5-7-13(12)20-19(22)27/h4-7,14-17,21H,8H2,1-3H3,(H,20,27)/t14-,15-,16-,17-/m1/s1. The summed E-state index contributed by atoms with van der Waals surface area (Å²) < 4.78 is 21.8. The molecular weight excluding hydrogens is 414 g/mol. The predicted octanol–water partition coefficient (Wildman–Crippen LogP) is -0.615. The second-order valence-electron chi connectivity index (χ2n) is 6.80. The first-order valence-electron chi connectivity index (χ1n) is 9.31. The van der Waals surface area contributed by atoms with Crippen molar-refractivity contribution in [3.63, 3.8) is 0 Å². The third kappa shape index (κ3) is 4.91. The van der Waals surface area contributed by atoms with Gasteiger partial charge in [0.25, 0.3) is 5.56 Å². The molecule has 2 heterocycles. The van der Waals surface area contributed by atoms with Crippen LogP contribution in [0.5, 0.6) is 0 Å². The largest absolute Gasteiger partial charge is 0.456 e. The molecule has 3 rings (SSSR count). The number of para-hydroxylation sites is 1. The number of benzene rings is 1. The molecule has 2 N–H and O–H groups in total. The molecule has 0 saturated carbocycles. The SMILES string of the molecule is CC(=O)O[C@@H]1[C@H](OC(C)=O)[C@H](OC(C)=O)CO[C@H]1Nn1c(=O)[nH]c2ccccc2c1=O. The number of H-pyrrole nitrogens is 1. The van der Waals surface area contributed by atoms with E-state index in [-0.39, 0.29) is 12.0 Å². The lowest BCUT2D eigenvalue weighted by molar-refractivity contribution is -0.223. The first-order chi connectivity index (χ1) is 14.7. The van der Waals surface area contributed by atoms with Crippen LogP contribution in [0.25, 0.3) is 10.9 Å². The lowest BCUT2D eigenvalue weighted by atomic mass is 10.0. The number of ether oxygens (including phenoxy) is 4. The zero-order valence-electron chi connectivity index (χ0n) is 16.9. The zero-order valence-corrected chi connectivity index (χ0v) is 16.9. The lowest BCUT2D eigenvalue weighted by Gasteiger charge is -2.40. The molecule has 1 saturated heterocycles. The van der Waals surface area contributed by atoms with Gasteiger partial charge >= 0.3 is 23.6 Å². The summed E-state index contributed by atoms with van der Waals surface area (Å²) in [6, 6.07) is 6.39. The van der Waals surface area contributed by atoms with Crippen LogP contribution >= 0.6 is 0 Å². The Morgan fingerprint density at radius 1 is 1.00 bits per heavy atom. The van der Waals surface area contributed by atoms with Gasteiger partial charge in [0, 0.05) is 20.8 Å². The lowest BCUT2D eigenvalue weighted by Crippen LogP contribution is -2.62. The maximum atomic E-state index is 12.8. The average Bonchev–Trinajstić information content (AvgIpc) is 2.68. The number of carbonyl (C=O) groups excluding carboxylic acids is 3. The molecule has 0 radical (unpaired) electrons. The molecule has 0 unspecified atom stereocenters. The van der Waals surface area contributed by atoms with E-state index < -0.39 is 53.7 Å². The van der Waals surface area contributed by atoms with Crippen LogP contribution in [-0.4, -0.2) is 58.7 Å². The maximum absolute atomic E-state index is 12.8. The minimum absolute atomic E-state index is 0.226. The van der Waals surface area contributed by atoms with Crippen LogP contribution in [0.2, 0.25) is 0 Å². The Kier molecular flexibility index (Phi) is 6.39. The molecule has 12 nitrogen and oxygen atoms in total. The van der Waals surface area contributed by atoms with Gasteiger partial charge in [-0.1, -0.05) is 12.1 Å². The fraction of sp³-hybridized carbons (Fsp3) is 0.421. The topological polar surface area (TPSA) is 155 Å². The quantitative estimate of drug-likeness (QED) is 0.459. The molecule has 1 aromatic carbocycles. The van der Waals surface area contributed by atoms with Gasteiger partial charge in [-0.15, -0.1) is 0 Å². The van der Waals surface area contributed by atoms with Crippen molar-refractivity contribution < 1.29 is 33.3 Å². The van der Waals surface area contributed by atoms with Gasteiger partial charge in [0.2, 0.25) is 0 Å². The summed E-state index contributed by atoms with van der Waals surface area (Å²) >= 11 is 0. The highest BCUT2D eigenvalue weighted by Gasteiger charge is 2.47. The smallest absolute Gasteiger partial charge is 0.347 e. The Bertz CT molecular complexity index is 1120. The van der Waals surface area contributed by atoms with Crippen LogP contribution in [0.3, 0.4) is 0 Å². The Morgan fingerprint density at radius 3 is 2.26 bits per heavy atom. The van der Waals surface area contributed by atoms with Crippen molar-refractivity contribution in [1.82, 2.24) is 9.66 Å². The number of aromatic amines is 1. The summed E-state index contributed by atoms with van der Waals surface area (Å²) in [5.74, 6) is -2.14. The van der Waals surface area contributed by atoms with Gasteiger partial charge in [-0.3, -0.25) is 24.6 Å². The van der Waals surface area contributed by atoms with Crippen LogP contribution in [-0.2, 0) is 33.3 Å². The number of aromatic nitrogens is 2. The van der Waals surface area contributed by atoms with Gasteiger partial charge in [0.1, 0.15) is 0 Å².